The van der Waals surface area contributed by atoms with Crippen LogP contribution in [0.25, 0.3) is 5.65 Å². The summed E-state index contributed by atoms with van der Waals surface area (Å²) in [5.74, 6) is -0.0683. The third-order valence-electron chi connectivity index (χ3n) is 2.09. The van der Waals surface area contributed by atoms with E-state index in [0.29, 0.717) is 11.3 Å². The summed E-state index contributed by atoms with van der Waals surface area (Å²) in [5, 5.41) is 3.05. The molecule has 0 saturated heterocycles. The Kier molecular flexibility index (Phi) is 2.70. The van der Waals surface area contributed by atoms with Crippen molar-refractivity contribution in [2.24, 2.45) is 0 Å². The highest BCUT2D eigenvalue weighted by atomic mass is 35.5. The van der Waals surface area contributed by atoms with Gasteiger partial charge in [0.1, 0.15) is 11.3 Å². The van der Waals surface area contributed by atoms with Crippen LogP contribution in [0.15, 0.2) is 24.4 Å². The van der Waals surface area contributed by atoms with E-state index in [1.165, 1.54) is 0 Å². The Morgan fingerprint density at radius 3 is 3.13 bits per heavy atom. The first-order chi connectivity index (χ1) is 7.24. The van der Waals surface area contributed by atoms with Crippen molar-refractivity contribution in [3.05, 3.63) is 35.2 Å². The molecule has 2 rings (SSSR count). The summed E-state index contributed by atoms with van der Waals surface area (Å²) < 4.78 is 1.70. The molecule has 78 valence electrons. The van der Waals surface area contributed by atoms with Gasteiger partial charge < -0.3 is 5.32 Å². The van der Waals surface area contributed by atoms with Crippen molar-refractivity contribution >= 4 is 23.0 Å². The molecule has 4 nitrogen and oxygen atoms in total. The lowest BCUT2D eigenvalue weighted by atomic mass is 10.3. The van der Waals surface area contributed by atoms with E-state index in [2.05, 4.69) is 10.3 Å². The molecule has 5 heteroatoms. The van der Waals surface area contributed by atoms with Crippen LogP contribution in [0.2, 0.25) is 5.15 Å². The first-order valence-corrected chi connectivity index (χ1v) is 4.92. The van der Waals surface area contributed by atoms with Crippen molar-refractivity contribution in [1.29, 1.82) is 0 Å². The van der Waals surface area contributed by atoms with E-state index in [4.69, 9.17) is 11.6 Å². The highest BCUT2D eigenvalue weighted by Gasteiger charge is 2.16. The molecule has 2 heterocycles. The lowest BCUT2D eigenvalue weighted by Crippen LogP contribution is -2.20. The predicted molar refractivity (Wildman–Crippen MR) is 58.5 cm³/mol. The van der Waals surface area contributed by atoms with Gasteiger partial charge in [0, 0.05) is 6.20 Å². The van der Waals surface area contributed by atoms with Crippen LogP contribution in [0.1, 0.15) is 10.5 Å². The molecule has 0 aliphatic rings. The van der Waals surface area contributed by atoms with E-state index in [9.17, 15) is 4.79 Å². The third-order valence-corrected chi connectivity index (χ3v) is 2.35. The molecule has 0 unspecified atom stereocenters. The average molecular weight is 224 g/mol. The van der Waals surface area contributed by atoms with Gasteiger partial charge in [-0.25, -0.2) is 4.98 Å². The zero-order valence-electron chi connectivity index (χ0n) is 8.20. The van der Waals surface area contributed by atoms with Crippen LogP contribution in [0, 0.1) is 0 Å². The number of rotatable bonds is 3. The molecule has 2 aromatic heterocycles. The topological polar surface area (TPSA) is 46.4 Å². The Morgan fingerprint density at radius 2 is 2.40 bits per heavy atom. The summed E-state index contributed by atoms with van der Waals surface area (Å²) in [6.07, 6.45) is 1.77. The number of likely N-dealkylation sites (N-methyl/N-ethyl adjacent to an activating group) is 1. The molecule has 0 saturated carbocycles. The van der Waals surface area contributed by atoms with Gasteiger partial charge in [-0.3, -0.25) is 9.20 Å². The van der Waals surface area contributed by atoms with Crippen molar-refractivity contribution in [2.75, 3.05) is 13.6 Å². The Balaban J connectivity index is 2.58. The lowest BCUT2D eigenvalue weighted by Gasteiger charge is -2.00. The van der Waals surface area contributed by atoms with Crippen molar-refractivity contribution in [1.82, 2.24) is 14.7 Å². The van der Waals surface area contributed by atoms with E-state index >= 15 is 0 Å². The minimum Gasteiger partial charge on any atom is -0.313 e. The fourth-order valence-electron chi connectivity index (χ4n) is 1.46. The van der Waals surface area contributed by atoms with Gasteiger partial charge in [0.05, 0.1) is 6.54 Å². The van der Waals surface area contributed by atoms with E-state index in [1.54, 1.807) is 17.6 Å². The van der Waals surface area contributed by atoms with Gasteiger partial charge in [0.25, 0.3) is 0 Å². The molecule has 0 amide bonds. The number of imidazole rings is 1. The Morgan fingerprint density at radius 1 is 1.60 bits per heavy atom. The molecule has 0 aliphatic heterocycles. The van der Waals surface area contributed by atoms with Crippen molar-refractivity contribution in [3.63, 3.8) is 0 Å². The smallest absolute Gasteiger partial charge is 0.196 e. The van der Waals surface area contributed by atoms with Crippen molar-refractivity contribution in [3.8, 4) is 0 Å². The second-order valence-electron chi connectivity index (χ2n) is 3.13. The number of nitrogens with zero attached hydrogens (tertiary/aromatic N) is 2. The molecule has 0 spiro atoms. The van der Waals surface area contributed by atoms with Crippen molar-refractivity contribution in [2.45, 2.75) is 0 Å². The molecule has 0 aliphatic carbocycles. The number of carbonyl (C=O) groups excluding carboxylic acids is 1. The predicted octanol–water partition coefficient (Wildman–Crippen LogP) is 1.39. The summed E-state index contributed by atoms with van der Waals surface area (Å²) in [6, 6.07) is 5.49. The van der Waals surface area contributed by atoms with E-state index in [-0.39, 0.29) is 17.5 Å². The molecule has 2 aromatic rings. The highest BCUT2D eigenvalue weighted by molar-refractivity contribution is 6.33. The molecular weight excluding hydrogens is 214 g/mol. The maximum Gasteiger partial charge on any atom is 0.196 e. The molecule has 0 radical (unpaired) electrons. The van der Waals surface area contributed by atoms with Gasteiger partial charge in [-0.1, -0.05) is 17.7 Å². The number of halogens is 1. The number of pyridine rings is 1. The Labute approximate surface area is 91.9 Å². The largest absolute Gasteiger partial charge is 0.313 e. The third kappa shape index (κ3) is 1.73. The highest BCUT2D eigenvalue weighted by Crippen LogP contribution is 2.17. The van der Waals surface area contributed by atoms with Crippen LogP contribution in [0.3, 0.4) is 0 Å². The average Bonchev–Trinajstić information content (AvgIpc) is 2.54. The van der Waals surface area contributed by atoms with Crippen LogP contribution >= 0.6 is 11.6 Å². The van der Waals surface area contributed by atoms with Gasteiger partial charge in [0.15, 0.2) is 10.9 Å². The van der Waals surface area contributed by atoms with Gasteiger partial charge >= 0.3 is 0 Å². The van der Waals surface area contributed by atoms with Gasteiger partial charge in [-0.2, -0.15) is 0 Å². The first kappa shape index (κ1) is 10.1. The minimum atomic E-state index is -0.0683. The summed E-state index contributed by atoms with van der Waals surface area (Å²) >= 11 is 5.92. The maximum atomic E-state index is 11.7. The number of nitrogens with one attached hydrogen (secondary N) is 1. The zero-order valence-corrected chi connectivity index (χ0v) is 8.95. The zero-order chi connectivity index (χ0) is 10.8. The number of hydrogen-bond acceptors (Lipinski definition) is 3. The number of Topliss-reactive ketones (excluding diaryl/α,β-unsaturated/α-hetero) is 1. The van der Waals surface area contributed by atoms with Crippen LogP contribution in [-0.4, -0.2) is 28.8 Å². The summed E-state index contributed by atoms with van der Waals surface area (Å²) in [7, 11) is 1.72. The fourth-order valence-corrected chi connectivity index (χ4v) is 1.74. The summed E-state index contributed by atoms with van der Waals surface area (Å²) in [6.45, 7) is 0.252. The molecule has 0 bridgehead atoms. The van der Waals surface area contributed by atoms with E-state index < -0.39 is 0 Å². The van der Waals surface area contributed by atoms with Crippen LogP contribution < -0.4 is 5.32 Å². The summed E-state index contributed by atoms with van der Waals surface area (Å²) in [5.41, 5.74) is 1.11. The SMILES string of the molecule is CNCC(=O)c1c(Cl)nc2ccccn12. The van der Waals surface area contributed by atoms with Gasteiger partial charge in [0.2, 0.25) is 0 Å². The lowest BCUT2D eigenvalue weighted by molar-refractivity contribution is 0.0988. The number of aromatic nitrogens is 2. The summed E-state index contributed by atoms with van der Waals surface area (Å²) in [4.78, 5) is 15.8. The molecular formula is C10H10ClN3O. The fraction of sp³-hybridized carbons (Fsp3) is 0.200. The number of carbonyl (C=O) groups is 1. The molecule has 0 fully saturated rings. The molecule has 0 atom stereocenters. The number of hydrogen-bond donors (Lipinski definition) is 1. The van der Waals surface area contributed by atoms with E-state index in [1.807, 2.05) is 18.2 Å². The second-order valence-corrected chi connectivity index (χ2v) is 3.49. The normalized spacial score (nSPS) is 10.8. The number of ketones is 1. The molecule has 1 N–H and O–H groups in total. The quantitative estimate of drug-likeness (QED) is 0.800. The molecule has 0 aromatic carbocycles. The van der Waals surface area contributed by atoms with Crippen molar-refractivity contribution < 1.29 is 4.79 Å². The Bertz CT molecular complexity index is 506. The second kappa shape index (κ2) is 4.00. The monoisotopic (exact) mass is 223 g/mol. The number of fused-ring (bicyclic) bond motifs is 1. The minimum absolute atomic E-state index is 0.0683. The Hall–Kier alpha value is -1.39. The van der Waals surface area contributed by atoms with E-state index in [0.717, 1.165) is 0 Å². The van der Waals surface area contributed by atoms with Crippen LogP contribution in [0.4, 0.5) is 0 Å². The standard InChI is InChI=1S/C10H10ClN3O/c1-12-6-7(15)9-10(11)13-8-4-2-3-5-14(8)9/h2-5,12H,6H2,1H3. The first-order valence-electron chi connectivity index (χ1n) is 4.54. The van der Waals surface area contributed by atoms with Gasteiger partial charge in [-0.05, 0) is 19.2 Å². The maximum absolute atomic E-state index is 11.7. The van der Waals surface area contributed by atoms with Gasteiger partial charge in [-0.15, -0.1) is 0 Å². The van der Waals surface area contributed by atoms with Crippen LogP contribution in [0.5, 0.6) is 0 Å². The molecule has 15 heavy (non-hydrogen) atoms. The van der Waals surface area contributed by atoms with Crippen LogP contribution in [-0.2, 0) is 0 Å².